The molecule has 0 aliphatic carbocycles. The minimum Gasteiger partial charge on any atom is -0.327 e. The SMILES string of the molecule is CCCC[C@H](N)[C@H](C)CC. The number of hydrogen-bond acceptors (Lipinski definition) is 1. The van der Waals surface area contributed by atoms with Gasteiger partial charge in [0.15, 0.2) is 0 Å². The molecule has 0 amide bonds. The minimum atomic E-state index is 0.435. The van der Waals surface area contributed by atoms with Crippen molar-refractivity contribution in [2.24, 2.45) is 11.7 Å². The summed E-state index contributed by atoms with van der Waals surface area (Å²) < 4.78 is 0. The second kappa shape index (κ2) is 5.72. The third-order valence-corrected chi connectivity index (χ3v) is 2.27. The maximum absolute atomic E-state index is 5.91. The summed E-state index contributed by atoms with van der Waals surface area (Å²) in [5.41, 5.74) is 5.91. The van der Waals surface area contributed by atoms with E-state index >= 15 is 0 Å². The third kappa shape index (κ3) is 3.89. The van der Waals surface area contributed by atoms with Gasteiger partial charge in [0.25, 0.3) is 0 Å². The molecule has 0 heterocycles. The second-order valence-corrected chi connectivity index (χ2v) is 3.19. The van der Waals surface area contributed by atoms with E-state index in [4.69, 9.17) is 5.73 Å². The van der Waals surface area contributed by atoms with Gasteiger partial charge in [-0.05, 0) is 12.3 Å². The molecule has 2 N–H and O–H groups in total. The quantitative estimate of drug-likeness (QED) is 0.629. The van der Waals surface area contributed by atoms with E-state index in [9.17, 15) is 0 Å². The number of hydrogen-bond donors (Lipinski definition) is 1. The van der Waals surface area contributed by atoms with Crippen LogP contribution in [0.3, 0.4) is 0 Å². The van der Waals surface area contributed by atoms with Crippen molar-refractivity contribution >= 4 is 0 Å². The Bertz CT molecular complexity index is 71.1. The Morgan fingerprint density at radius 1 is 1.30 bits per heavy atom. The molecule has 0 saturated heterocycles. The first-order chi connectivity index (χ1) is 4.72. The molecule has 0 fully saturated rings. The highest BCUT2D eigenvalue weighted by Crippen LogP contribution is 2.10. The standard InChI is InChI=1S/C9H21N/c1-4-6-7-9(10)8(3)5-2/h8-9H,4-7,10H2,1-3H3/t8-,9+/m1/s1. The van der Waals surface area contributed by atoms with Crippen LogP contribution in [0.4, 0.5) is 0 Å². The molecule has 0 aromatic heterocycles. The maximum atomic E-state index is 5.91. The molecule has 0 aromatic carbocycles. The Morgan fingerprint density at radius 2 is 1.90 bits per heavy atom. The molecule has 0 aliphatic rings. The monoisotopic (exact) mass is 143 g/mol. The van der Waals surface area contributed by atoms with Gasteiger partial charge >= 0.3 is 0 Å². The summed E-state index contributed by atoms with van der Waals surface area (Å²) in [4.78, 5) is 0. The van der Waals surface area contributed by atoms with Gasteiger partial charge in [-0.3, -0.25) is 0 Å². The van der Waals surface area contributed by atoms with Crippen molar-refractivity contribution in [2.75, 3.05) is 0 Å². The van der Waals surface area contributed by atoms with Crippen LogP contribution >= 0.6 is 0 Å². The van der Waals surface area contributed by atoms with Crippen LogP contribution in [0.15, 0.2) is 0 Å². The average molecular weight is 143 g/mol. The Labute approximate surface area is 65.0 Å². The average Bonchev–Trinajstić information content (AvgIpc) is 1.98. The number of unbranched alkanes of at least 4 members (excludes halogenated alkanes) is 1. The van der Waals surface area contributed by atoms with Gasteiger partial charge in [-0.25, -0.2) is 0 Å². The first-order valence-electron chi connectivity index (χ1n) is 4.47. The molecule has 1 nitrogen and oxygen atoms in total. The Hall–Kier alpha value is -0.0400. The molecule has 0 aromatic rings. The molecule has 0 radical (unpaired) electrons. The van der Waals surface area contributed by atoms with Crippen molar-refractivity contribution in [3.63, 3.8) is 0 Å². The molecule has 62 valence electrons. The minimum absolute atomic E-state index is 0.435. The topological polar surface area (TPSA) is 26.0 Å². The van der Waals surface area contributed by atoms with Crippen LogP contribution in [0.5, 0.6) is 0 Å². The molecule has 0 unspecified atom stereocenters. The van der Waals surface area contributed by atoms with Crippen molar-refractivity contribution < 1.29 is 0 Å². The van der Waals surface area contributed by atoms with Gasteiger partial charge in [-0.1, -0.05) is 40.0 Å². The van der Waals surface area contributed by atoms with Crippen LogP contribution in [0.2, 0.25) is 0 Å². The number of nitrogens with two attached hydrogens (primary N) is 1. The van der Waals surface area contributed by atoms with E-state index in [1.165, 1.54) is 25.7 Å². The van der Waals surface area contributed by atoms with E-state index in [0.717, 1.165) is 0 Å². The highest BCUT2D eigenvalue weighted by Gasteiger charge is 2.08. The van der Waals surface area contributed by atoms with Crippen molar-refractivity contribution in [3.05, 3.63) is 0 Å². The van der Waals surface area contributed by atoms with Gasteiger partial charge in [0.1, 0.15) is 0 Å². The fourth-order valence-electron chi connectivity index (χ4n) is 1.03. The van der Waals surface area contributed by atoms with Crippen LogP contribution in [0.25, 0.3) is 0 Å². The van der Waals surface area contributed by atoms with Gasteiger partial charge in [0, 0.05) is 6.04 Å². The predicted octanol–water partition coefficient (Wildman–Crippen LogP) is 2.55. The molecule has 0 saturated carbocycles. The van der Waals surface area contributed by atoms with Crippen LogP contribution in [-0.2, 0) is 0 Å². The van der Waals surface area contributed by atoms with Crippen LogP contribution in [0, 0.1) is 5.92 Å². The summed E-state index contributed by atoms with van der Waals surface area (Å²) in [5.74, 6) is 0.701. The zero-order chi connectivity index (χ0) is 7.98. The largest absolute Gasteiger partial charge is 0.327 e. The molecule has 0 aliphatic heterocycles. The number of rotatable bonds is 5. The normalized spacial score (nSPS) is 16.8. The molecule has 0 spiro atoms. The molecule has 10 heavy (non-hydrogen) atoms. The van der Waals surface area contributed by atoms with Crippen molar-refractivity contribution in [3.8, 4) is 0 Å². The Morgan fingerprint density at radius 3 is 2.30 bits per heavy atom. The van der Waals surface area contributed by atoms with Gasteiger partial charge < -0.3 is 5.73 Å². The van der Waals surface area contributed by atoms with Crippen LogP contribution < -0.4 is 5.73 Å². The Kier molecular flexibility index (Phi) is 5.70. The van der Waals surface area contributed by atoms with Gasteiger partial charge in [0.2, 0.25) is 0 Å². The summed E-state index contributed by atoms with van der Waals surface area (Å²) >= 11 is 0. The van der Waals surface area contributed by atoms with Gasteiger partial charge in [-0.15, -0.1) is 0 Å². The molecular weight excluding hydrogens is 122 g/mol. The smallest absolute Gasteiger partial charge is 0.00644 e. The Balaban J connectivity index is 3.31. The molecule has 2 atom stereocenters. The fourth-order valence-corrected chi connectivity index (χ4v) is 1.03. The zero-order valence-electron chi connectivity index (χ0n) is 7.56. The van der Waals surface area contributed by atoms with E-state index < -0.39 is 0 Å². The molecule has 0 bridgehead atoms. The van der Waals surface area contributed by atoms with Crippen molar-refractivity contribution in [1.29, 1.82) is 0 Å². The highest BCUT2D eigenvalue weighted by molar-refractivity contribution is 4.66. The second-order valence-electron chi connectivity index (χ2n) is 3.19. The summed E-state index contributed by atoms with van der Waals surface area (Å²) in [6.07, 6.45) is 4.96. The highest BCUT2D eigenvalue weighted by atomic mass is 14.6. The molecular formula is C9H21N. The molecule has 0 rings (SSSR count). The lowest BCUT2D eigenvalue weighted by Crippen LogP contribution is -2.27. The van der Waals surface area contributed by atoms with Gasteiger partial charge in [-0.2, -0.15) is 0 Å². The lowest BCUT2D eigenvalue weighted by Gasteiger charge is -2.17. The van der Waals surface area contributed by atoms with Gasteiger partial charge in [0.05, 0.1) is 0 Å². The van der Waals surface area contributed by atoms with E-state index in [1.807, 2.05) is 0 Å². The predicted molar refractivity (Wildman–Crippen MR) is 47.0 cm³/mol. The fraction of sp³-hybridized carbons (Fsp3) is 1.00. The van der Waals surface area contributed by atoms with E-state index in [-0.39, 0.29) is 0 Å². The van der Waals surface area contributed by atoms with Crippen molar-refractivity contribution in [1.82, 2.24) is 0 Å². The van der Waals surface area contributed by atoms with Crippen LogP contribution in [0.1, 0.15) is 46.5 Å². The van der Waals surface area contributed by atoms with Crippen molar-refractivity contribution in [2.45, 2.75) is 52.5 Å². The lowest BCUT2D eigenvalue weighted by molar-refractivity contribution is 0.410. The van der Waals surface area contributed by atoms with E-state index in [2.05, 4.69) is 20.8 Å². The van der Waals surface area contributed by atoms with Crippen LogP contribution in [-0.4, -0.2) is 6.04 Å². The van der Waals surface area contributed by atoms with E-state index in [1.54, 1.807) is 0 Å². The first-order valence-corrected chi connectivity index (χ1v) is 4.47. The van der Waals surface area contributed by atoms with E-state index in [0.29, 0.717) is 12.0 Å². The summed E-state index contributed by atoms with van der Waals surface area (Å²) in [5, 5.41) is 0. The zero-order valence-corrected chi connectivity index (χ0v) is 7.56. The summed E-state index contributed by atoms with van der Waals surface area (Å²) in [6.45, 7) is 6.65. The third-order valence-electron chi connectivity index (χ3n) is 2.27. The lowest BCUT2D eigenvalue weighted by atomic mass is 9.96. The maximum Gasteiger partial charge on any atom is 0.00644 e. The molecule has 1 heteroatoms. The summed E-state index contributed by atoms with van der Waals surface area (Å²) in [6, 6.07) is 0.435. The first kappa shape index (κ1) is 9.96. The summed E-state index contributed by atoms with van der Waals surface area (Å²) in [7, 11) is 0.